The molecule has 6 heteroatoms. The summed E-state index contributed by atoms with van der Waals surface area (Å²) in [6, 6.07) is 6.93. The Balaban J connectivity index is 1.70. The Kier molecular flexibility index (Phi) is 6.21. The summed E-state index contributed by atoms with van der Waals surface area (Å²) in [6.45, 7) is 4.75. The van der Waals surface area contributed by atoms with Gasteiger partial charge >= 0.3 is 0 Å². The van der Waals surface area contributed by atoms with Crippen LogP contribution in [0.25, 0.3) is 0 Å². The number of nitrogens with zero attached hydrogens (tertiary/aromatic N) is 1. The van der Waals surface area contributed by atoms with E-state index in [0.29, 0.717) is 17.3 Å². The molecule has 1 aromatic heterocycles. The highest BCUT2D eigenvalue weighted by molar-refractivity contribution is 7.11. The number of aryl methyl sites for hydroxylation is 2. The lowest BCUT2D eigenvalue weighted by molar-refractivity contribution is -0.123. The van der Waals surface area contributed by atoms with Crippen molar-refractivity contribution in [2.45, 2.75) is 26.7 Å². The Labute approximate surface area is 139 Å². The third kappa shape index (κ3) is 5.00. The van der Waals surface area contributed by atoms with Gasteiger partial charge in [-0.05, 0) is 37.6 Å². The second-order valence-electron chi connectivity index (χ2n) is 4.81. The second kappa shape index (κ2) is 8.15. The maximum atomic E-state index is 11.7. The van der Waals surface area contributed by atoms with Crippen molar-refractivity contribution in [3.05, 3.63) is 44.9 Å². The molecule has 1 aromatic carbocycles. The van der Waals surface area contributed by atoms with E-state index in [9.17, 15) is 4.79 Å². The second-order valence-corrected chi connectivity index (χ2v) is 6.53. The first kappa shape index (κ1) is 16.8. The van der Waals surface area contributed by atoms with Crippen molar-refractivity contribution in [3.63, 3.8) is 0 Å². The third-order valence-electron chi connectivity index (χ3n) is 3.12. The zero-order valence-corrected chi connectivity index (χ0v) is 14.3. The summed E-state index contributed by atoms with van der Waals surface area (Å²) >= 11 is 7.48. The lowest BCUT2D eigenvalue weighted by Crippen LogP contribution is -2.30. The number of hydrogen-bond donors (Lipinski definition) is 1. The van der Waals surface area contributed by atoms with E-state index < -0.39 is 0 Å². The molecule has 1 amide bonds. The van der Waals surface area contributed by atoms with Crippen LogP contribution in [0, 0.1) is 6.92 Å². The zero-order chi connectivity index (χ0) is 15.9. The van der Waals surface area contributed by atoms with Gasteiger partial charge in [0.2, 0.25) is 0 Å². The molecule has 0 saturated carbocycles. The molecule has 0 aliphatic carbocycles. The summed E-state index contributed by atoms with van der Waals surface area (Å²) in [5.41, 5.74) is 1.15. The van der Waals surface area contributed by atoms with Crippen molar-refractivity contribution in [3.8, 4) is 5.75 Å². The van der Waals surface area contributed by atoms with Crippen LogP contribution in [-0.4, -0.2) is 24.0 Å². The fourth-order valence-electron chi connectivity index (χ4n) is 1.96. The molecular weight excluding hydrogens is 320 g/mol. The van der Waals surface area contributed by atoms with Gasteiger partial charge in [-0.15, -0.1) is 11.3 Å². The predicted octanol–water partition coefficient (Wildman–Crippen LogP) is 3.41. The smallest absolute Gasteiger partial charge is 0.257 e. The van der Waals surface area contributed by atoms with Crippen LogP contribution in [-0.2, 0) is 17.6 Å². The van der Waals surface area contributed by atoms with E-state index in [1.807, 2.05) is 0 Å². The molecule has 0 unspecified atom stereocenters. The molecule has 2 aromatic rings. The molecule has 1 N–H and O–H groups in total. The lowest BCUT2D eigenvalue weighted by Gasteiger charge is -2.06. The number of hydrogen-bond acceptors (Lipinski definition) is 4. The first-order valence-electron chi connectivity index (χ1n) is 7.18. The largest absolute Gasteiger partial charge is 0.484 e. The summed E-state index contributed by atoms with van der Waals surface area (Å²) in [7, 11) is 0. The molecule has 0 spiro atoms. The highest BCUT2D eigenvalue weighted by Crippen LogP contribution is 2.18. The van der Waals surface area contributed by atoms with Crippen LogP contribution in [0.4, 0.5) is 0 Å². The first-order valence-corrected chi connectivity index (χ1v) is 8.38. The SMILES string of the molecule is CCc1nc(CCNC(=O)COc2ccc(Cl)cc2)sc1C. The quantitative estimate of drug-likeness (QED) is 0.841. The molecule has 118 valence electrons. The maximum Gasteiger partial charge on any atom is 0.257 e. The van der Waals surface area contributed by atoms with Crippen LogP contribution < -0.4 is 10.1 Å². The molecular formula is C16H19ClN2O2S. The van der Waals surface area contributed by atoms with Gasteiger partial charge in [0.15, 0.2) is 6.61 Å². The zero-order valence-electron chi connectivity index (χ0n) is 12.7. The molecule has 0 saturated heterocycles. The number of carbonyl (C=O) groups excluding carboxylic acids is 1. The lowest BCUT2D eigenvalue weighted by atomic mass is 10.3. The summed E-state index contributed by atoms with van der Waals surface area (Å²) < 4.78 is 5.38. The number of nitrogens with one attached hydrogen (secondary N) is 1. The van der Waals surface area contributed by atoms with Crippen molar-refractivity contribution in [2.75, 3.05) is 13.2 Å². The van der Waals surface area contributed by atoms with Gasteiger partial charge < -0.3 is 10.1 Å². The fourth-order valence-corrected chi connectivity index (χ4v) is 3.11. The number of amides is 1. The Bertz CT molecular complexity index is 626. The number of halogens is 1. The highest BCUT2D eigenvalue weighted by atomic mass is 35.5. The van der Waals surface area contributed by atoms with E-state index in [0.717, 1.165) is 23.5 Å². The summed E-state index contributed by atoms with van der Waals surface area (Å²) in [4.78, 5) is 17.5. The molecule has 2 rings (SSSR count). The Morgan fingerprint density at radius 1 is 1.36 bits per heavy atom. The van der Waals surface area contributed by atoms with Crippen LogP contribution >= 0.6 is 22.9 Å². The standard InChI is InChI=1S/C16H19ClN2O2S/c1-3-14-11(2)22-16(19-14)8-9-18-15(20)10-21-13-6-4-12(17)5-7-13/h4-7H,3,8-10H2,1-2H3,(H,18,20). The number of thiazole rings is 1. The van der Waals surface area contributed by atoms with Crippen LogP contribution in [0.15, 0.2) is 24.3 Å². The maximum absolute atomic E-state index is 11.7. The highest BCUT2D eigenvalue weighted by Gasteiger charge is 2.07. The van der Waals surface area contributed by atoms with Crippen molar-refractivity contribution in [1.29, 1.82) is 0 Å². The van der Waals surface area contributed by atoms with E-state index in [2.05, 4.69) is 24.1 Å². The average molecular weight is 339 g/mol. The van der Waals surface area contributed by atoms with Gasteiger partial charge in [0.1, 0.15) is 5.75 Å². The third-order valence-corrected chi connectivity index (χ3v) is 4.44. The molecule has 0 bridgehead atoms. The minimum Gasteiger partial charge on any atom is -0.484 e. The van der Waals surface area contributed by atoms with Crippen LogP contribution in [0.5, 0.6) is 5.75 Å². The Morgan fingerprint density at radius 2 is 2.09 bits per heavy atom. The Morgan fingerprint density at radius 3 is 2.73 bits per heavy atom. The monoisotopic (exact) mass is 338 g/mol. The van der Waals surface area contributed by atoms with Crippen LogP contribution in [0.1, 0.15) is 22.5 Å². The van der Waals surface area contributed by atoms with Crippen molar-refractivity contribution >= 4 is 28.8 Å². The summed E-state index contributed by atoms with van der Waals surface area (Å²) in [5.74, 6) is 0.488. The van der Waals surface area contributed by atoms with Gasteiger partial charge in [-0.3, -0.25) is 4.79 Å². The van der Waals surface area contributed by atoms with E-state index in [1.165, 1.54) is 4.88 Å². The molecule has 1 heterocycles. The normalized spacial score (nSPS) is 10.5. The van der Waals surface area contributed by atoms with Crippen LogP contribution in [0.2, 0.25) is 5.02 Å². The van der Waals surface area contributed by atoms with Gasteiger partial charge in [0.05, 0.1) is 10.7 Å². The van der Waals surface area contributed by atoms with Crippen LogP contribution in [0.3, 0.4) is 0 Å². The fraction of sp³-hybridized carbons (Fsp3) is 0.375. The van der Waals surface area contributed by atoms with Gasteiger partial charge in [0.25, 0.3) is 5.91 Å². The Hall–Kier alpha value is -1.59. The first-order chi connectivity index (χ1) is 10.6. The molecule has 22 heavy (non-hydrogen) atoms. The topological polar surface area (TPSA) is 51.2 Å². The van der Waals surface area contributed by atoms with E-state index in [4.69, 9.17) is 16.3 Å². The van der Waals surface area contributed by atoms with Gasteiger partial charge in [-0.2, -0.15) is 0 Å². The van der Waals surface area contributed by atoms with E-state index in [1.54, 1.807) is 35.6 Å². The summed E-state index contributed by atoms with van der Waals surface area (Å²) in [5, 5.41) is 4.54. The molecule has 0 atom stereocenters. The van der Waals surface area contributed by atoms with Crippen molar-refractivity contribution in [1.82, 2.24) is 10.3 Å². The predicted molar refractivity (Wildman–Crippen MR) is 89.9 cm³/mol. The molecule has 0 fully saturated rings. The van der Waals surface area contributed by atoms with Gasteiger partial charge in [0, 0.05) is 22.9 Å². The van der Waals surface area contributed by atoms with Gasteiger partial charge in [-0.1, -0.05) is 18.5 Å². The molecule has 0 aliphatic rings. The number of rotatable bonds is 7. The molecule has 4 nitrogen and oxygen atoms in total. The number of aromatic nitrogens is 1. The minimum absolute atomic E-state index is 0.00125. The van der Waals surface area contributed by atoms with Crippen molar-refractivity contribution < 1.29 is 9.53 Å². The minimum atomic E-state index is -0.140. The number of ether oxygens (including phenoxy) is 1. The number of carbonyl (C=O) groups is 1. The molecule has 0 radical (unpaired) electrons. The summed E-state index contributed by atoms with van der Waals surface area (Å²) in [6.07, 6.45) is 1.70. The van der Waals surface area contributed by atoms with Crippen molar-refractivity contribution in [2.24, 2.45) is 0 Å². The average Bonchev–Trinajstić information content (AvgIpc) is 2.87. The molecule has 0 aliphatic heterocycles. The number of benzene rings is 1. The van der Waals surface area contributed by atoms with E-state index >= 15 is 0 Å². The van der Waals surface area contributed by atoms with Gasteiger partial charge in [-0.25, -0.2) is 4.98 Å². The van der Waals surface area contributed by atoms with E-state index in [-0.39, 0.29) is 12.5 Å².